The highest BCUT2D eigenvalue weighted by Gasteiger charge is 2.42. The van der Waals surface area contributed by atoms with Crippen LogP contribution >= 0.6 is 0 Å². The van der Waals surface area contributed by atoms with Gasteiger partial charge >= 0.3 is 10.2 Å². The van der Waals surface area contributed by atoms with Crippen LogP contribution in [-0.2, 0) is 24.5 Å². The fraction of sp³-hybridized carbons (Fsp3) is 0.474. The Morgan fingerprint density at radius 1 is 1.17 bits per heavy atom. The van der Waals surface area contributed by atoms with Crippen molar-refractivity contribution in [2.75, 3.05) is 40.5 Å². The van der Waals surface area contributed by atoms with E-state index in [9.17, 15) is 13.2 Å². The molecule has 9 nitrogen and oxygen atoms in total. The summed E-state index contributed by atoms with van der Waals surface area (Å²) in [4.78, 5) is 14.8. The number of carbonyl (C=O) groups excluding carboxylic acids is 1. The van der Waals surface area contributed by atoms with Crippen molar-refractivity contribution in [1.29, 1.82) is 0 Å². The molecule has 1 aromatic rings. The minimum Gasteiger partial charge on any atom is -0.496 e. The van der Waals surface area contributed by atoms with Crippen LogP contribution in [-0.4, -0.2) is 75.5 Å². The third-order valence-corrected chi connectivity index (χ3v) is 6.72. The van der Waals surface area contributed by atoms with Gasteiger partial charge in [-0.25, -0.2) is 4.31 Å². The Balaban J connectivity index is 1.62. The van der Waals surface area contributed by atoms with E-state index in [1.165, 1.54) is 20.2 Å². The molecule has 1 amide bonds. The van der Waals surface area contributed by atoms with E-state index in [0.717, 1.165) is 4.31 Å². The predicted molar refractivity (Wildman–Crippen MR) is 105 cm³/mol. The molecule has 2 saturated heterocycles. The Bertz CT molecular complexity index is 971. The van der Waals surface area contributed by atoms with Crippen molar-refractivity contribution < 1.29 is 27.4 Å². The molecule has 0 saturated carbocycles. The molecule has 156 valence electrons. The number of ether oxygens (including phenoxy) is 3. The summed E-state index contributed by atoms with van der Waals surface area (Å²) in [5, 5.41) is 0. The summed E-state index contributed by atoms with van der Waals surface area (Å²) in [7, 11) is -1.21. The second-order valence-corrected chi connectivity index (χ2v) is 8.68. The molecule has 0 atom stereocenters. The quantitative estimate of drug-likeness (QED) is 0.720. The molecular weight excluding hydrogens is 398 g/mol. The molecular formula is C19H23N3O6S. The maximum Gasteiger partial charge on any atom is 0.345 e. The van der Waals surface area contributed by atoms with Crippen molar-refractivity contribution in [3.05, 3.63) is 41.6 Å². The average Bonchev–Trinajstić information content (AvgIpc) is 3.18. The molecule has 10 heteroatoms. The van der Waals surface area contributed by atoms with Crippen LogP contribution in [0.15, 0.2) is 40.4 Å². The number of likely N-dealkylation sites (tertiary alicyclic amines) is 1. The van der Waals surface area contributed by atoms with Gasteiger partial charge in [0.1, 0.15) is 11.4 Å². The van der Waals surface area contributed by atoms with Gasteiger partial charge in [-0.15, -0.1) is 4.40 Å². The van der Waals surface area contributed by atoms with Crippen LogP contribution in [0.5, 0.6) is 5.75 Å². The number of piperidine rings is 1. The number of rotatable bonds is 3. The molecule has 0 aromatic heterocycles. The van der Waals surface area contributed by atoms with Gasteiger partial charge in [-0.3, -0.25) is 4.79 Å². The molecule has 3 aliphatic rings. The molecule has 29 heavy (non-hydrogen) atoms. The first-order valence-electron chi connectivity index (χ1n) is 9.36. The van der Waals surface area contributed by atoms with Gasteiger partial charge in [0.15, 0.2) is 5.79 Å². The Labute approximate surface area is 169 Å². The molecule has 3 heterocycles. The van der Waals surface area contributed by atoms with Gasteiger partial charge in [0.2, 0.25) is 0 Å². The zero-order chi connectivity index (χ0) is 20.6. The third-order valence-electron chi connectivity index (χ3n) is 5.40. The van der Waals surface area contributed by atoms with Crippen molar-refractivity contribution in [2.24, 2.45) is 4.40 Å². The van der Waals surface area contributed by atoms with E-state index in [-0.39, 0.29) is 17.3 Å². The SMILES string of the molecule is COc1ccccc1C1=NS(=O)(=O)N(C)C(C(=O)N2CCC3(CC2)OCCO3)=C1. The second kappa shape index (κ2) is 7.43. The molecule has 0 unspecified atom stereocenters. The number of nitrogens with zero attached hydrogens (tertiary/aromatic N) is 3. The van der Waals surface area contributed by atoms with E-state index in [2.05, 4.69) is 4.40 Å². The predicted octanol–water partition coefficient (Wildman–Crippen LogP) is 0.924. The standard InChI is InChI=1S/C19H23N3O6S/c1-21-16(18(23)22-9-7-19(8-10-22)27-11-12-28-19)13-15(20-29(21,24)25)14-5-3-4-6-17(14)26-2/h3-6,13H,7-12H2,1-2H3. The zero-order valence-corrected chi connectivity index (χ0v) is 17.1. The monoisotopic (exact) mass is 421 g/mol. The number of para-hydroxylation sites is 1. The number of methoxy groups -OCH3 is 1. The van der Waals surface area contributed by atoms with Crippen LogP contribution in [0.4, 0.5) is 0 Å². The number of amides is 1. The highest BCUT2D eigenvalue weighted by atomic mass is 32.2. The molecule has 1 aromatic carbocycles. The lowest BCUT2D eigenvalue weighted by Crippen LogP contribution is -2.49. The molecule has 2 fully saturated rings. The van der Waals surface area contributed by atoms with Gasteiger partial charge in [-0.1, -0.05) is 12.1 Å². The number of allylic oxidation sites excluding steroid dienone is 1. The maximum atomic E-state index is 13.2. The van der Waals surface area contributed by atoms with Gasteiger partial charge in [0, 0.05) is 38.5 Å². The highest BCUT2D eigenvalue weighted by Crippen LogP contribution is 2.32. The van der Waals surface area contributed by atoms with E-state index >= 15 is 0 Å². The topological polar surface area (TPSA) is 97.7 Å². The Morgan fingerprint density at radius 2 is 1.83 bits per heavy atom. The lowest BCUT2D eigenvalue weighted by molar-refractivity contribution is -0.186. The molecule has 0 radical (unpaired) electrons. The maximum absolute atomic E-state index is 13.2. The summed E-state index contributed by atoms with van der Waals surface area (Å²) in [6.07, 6.45) is 2.60. The number of benzene rings is 1. The van der Waals surface area contributed by atoms with Crippen LogP contribution in [0.3, 0.4) is 0 Å². The highest BCUT2D eigenvalue weighted by molar-refractivity contribution is 7.88. The first-order chi connectivity index (χ1) is 13.9. The third kappa shape index (κ3) is 3.63. The minimum absolute atomic E-state index is 0.0464. The summed E-state index contributed by atoms with van der Waals surface area (Å²) in [6, 6.07) is 6.95. The first kappa shape index (κ1) is 19.9. The fourth-order valence-electron chi connectivity index (χ4n) is 3.73. The van der Waals surface area contributed by atoms with E-state index in [4.69, 9.17) is 14.2 Å². The number of likely N-dealkylation sites (N-methyl/N-ethyl adjacent to an activating group) is 1. The Hall–Kier alpha value is -2.43. The van der Waals surface area contributed by atoms with Crippen molar-refractivity contribution in [3.63, 3.8) is 0 Å². The van der Waals surface area contributed by atoms with Gasteiger partial charge in [-0.05, 0) is 18.2 Å². The van der Waals surface area contributed by atoms with E-state index in [1.807, 2.05) is 0 Å². The summed E-state index contributed by atoms with van der Waals surface area (Å²) < 4.78 is 46.7. The fourth-order valence-corrected chi connectivity index (χ4v) is 4.64. The zero-order valence-electron chi connectivity index (χ0n) is 16.3. The van der Waals surface area contributed by atoms with E-state index in [0.29, 0.717) is 50.5 Å². The normalized spacial score (nSPS) is 23.0. The van der Waals surface area contributed by atoms with E-state index < -0.39 is 16.0 Å². The van der Waals surface area contributed by atoms with Crippen LogP contribution < -0.4 is 4.74 Å². The smallest absolute Gasteiger partial charge is 0.345 e. The largest absolute Gasteiger partial charge is 0.496 e. The van der Waals surface area contributed by atoms with Crippen molar-refractivity contribution in [1.82, 2.24) is 9.21 Å². The van der Waals surface area contributed by atoms with Gasteiger partial charge in [0.25, 0.3) is 5.91 Å². The molecule has 3 aliphatic heterocycles. The van der Waals surface area contributed by atoms with Crippen molar-refractivity contribution in [2.45, 2.75) is 18.6 Å². The average molecular weight is 421 g/mol. The van der Waals surface area contributed by atoms with Gasteiger partial charge in [-0.2, -0.15) is 8.42 Å². The number of hydrogen-bond donors (Lipinski definition) is 0. The van der Waals surface area contributed by atoms with Gasteiger partial charge in [0.05, 0.1) is 26.0 Å². The number of carbonyl (C=O) groups is 1. The van der Waals surface area contributed by atoms with Crippen LogP contribution in [0, 0.1) is 0 Å². The Morgan fingerprint density at radius 3 is 2.48 bits per heavy atom. The molecule has 1 spiro atoms. The molecule has 0 bridgehead atoms. The summed E-state index contributed by atoms with van der Waals surface area (Å²) in [5.74, 6) is -0.504. The minimum atomic E-state index is -4.04. The summed E-state index contributed by atoms with van der Waals surface area (Å²) in [5.41, 5.74) is 0.715. The lowest BCUT2D eigenvalue weighted by atomic mass is 10.0. The van der Waals surface area contributed by atoms with Crippen LogP contribution in [0.25, 0.3) is 0 Å². The second-order valence-electron chi connectivity index (χ2n) is 7.05. The van der Waals surface area contributed by atoms with Crippen LogP contribution in [0.1, 0.15) is 18.4 Å². The van der Waals surface area contributed by atoms with Crippen LogP contribution in [0.2, 0.25) is 0 Å². The van der Waals surface area contributed by atoms with E-state index in [1.54, 1.807) is 29.2 Å². The molecule has 4 rings (SSSR count). The summed E-state index contributed by atoms with van der Waals surface area (Å²) >= 11 is 0. The first-order valence-corrected chi connectivity index (χ1v) is 10.8. The number of hydrogen-bond acceptors (Lipinski definition) is 6. The van der Waals surface area contributed by atoms with Crippen molar-refractivity contribution in [3.8, 4) is 5.75 Å². The summed E-state index contributed by atoms with van der Waals surface area (Å²) in [6.45, 7) is 1.95. The Kier molecular flexibility index (Phi) is 5.09. The van der Waals surface area contributed by atoms with Crippen molar-refractivity contribution >= 4 is 21.8 Å². The molecule has 0 N–H and O–H groups in total. The molecule has 0 aliphatic carbocycles. The lowest BCUT2D eigenvalue weighted by Gasteiger charge is -2.38. The van der Waals surface area contributed by atoms with Gasteiger partial charge < -0.3 is 19.1 Å².